The molecule has 1 aliphatic carbocycles. The van der Waals surface area contributed by atoms with Gasteiger partial charge in [-0.1, -0.05) is 12.8 Å². The molecule has 1 spiro atoms. The highest BCUT2D eigenvalue weighted by molar-refractivity contribution is 5.86. The Morgan fingerprint density at radius 3 is 2.68 bits per heavy atom. The van der Waals surface area contributed by atoms with E-state index in [1.54, 1.807) is 17.0 Å². The van der Waals surface area contributed by atoms with E-state index in [0.29, 0.717) is 36.2 Å². The van der Waals surface area contributed by atoms with Crippen LogP contribution in [-0.4, -0.2) is 59.7 Å². The van der Waals surface area contributed by atoms with Crippen LogP contribution in [0.4, 0.5) is 4.39 Å². The third-order valence-electron chi connectivity index (χ3n) is 6.98. The standard InChI is InChI=1S/C22H31FN2O3/c1-28-18-5-6-19(23)17(13-18)14-25-11-4-9-22(27,20(25)26)16-24-12-10-21(15-24)7-2-3-8-21/h5-6,13,27H,2-4,7-12,14-16H2,1H3/t22-/m0/s1. The molecule has 2 aliphatic heterocycles. The molecular weight excluding hydrogens is 359 g/mol. The van der Waals surface area contributed by atoms with Gasteiger partial charge in [0, 0.05) is 31.7 Å². The molecule has 4 rings (SSSR count). The summed E-state index contributed by atoms with van der Waals surface area (Å²) in [5.41, 5.74) is -0.530. The van der Waals surface area contributed by atoms with Crippen molar-refractivity contribution in [1.29, 1.82) is 0 Å². The molecule has 6 heteroatoms. The first-order valence-electron chi connectivity index (χ1n) is 10.5. The van der Waals surface area contributed by atoms with Gasteiger partial charge >= 0.3 is 0 Å². The Hall–Kier alpha value is -1.66. The Kier molecular flexibility index (Phi) is 5.36. The normalized spacial score (nSPS) is 27.7. The summed E-state index contributed by atoms with van der Waals surface area (Å²) < 4.78 is 19.4. The summed E-state index contributed by atoms with van der Waals surface area (Å²) in [6.07, 6.45) is 7.54. The fourth-order valence-corrected chi connectivity index (χ4v) is 5.43. The predicted molar refractivity (Wildman–Crippen MR) is 105 cm³/mol. The van der Waals surface area contributed by atoms with Crippen molar-refractivity contribution in [2.75, 3.05) is 33.3 Å². The van der Waals surface area contributed by atoms with Crippen LogP contribution in [-0.2, 0) is 11.3 Å². The van der Waals surface area contributed by atoms with E-state index < -0.39 is 5.60 Å². The van der Waals surface area contributed by atoms with Crippen molar-refractivity contribution in [3.05, 3.63) is 29.6 Å². The number of carbonyl (C=O) groups excluding carboxylic acids is 1. The molecule has 1 atom stereocenters. The molecule has 0 bridgehead atoms. The summed E-state index contributed by atoms with van der Waals surface area (Å²) in [5.74, 6) is -0.0613. The van der Waals surface area contributed by atoms with Gasteiger partial charge in [0.2, 0.25) is 0 Å². The van der Waals surface area contributed by atoms with Gasteiger partial charge in [-0.2, -0.15) is 0 Å². The molecule has 2 heterocycles. The minimum atomic E-state index is -1.36. The van der Waals surface area contributed by atoms with Gasteiger partial charge in [-0.15, -0.1) is 0 Å². The number of likely N-dealkylation sites (tertiary alicyclic amines) is 2. The maximum atomic E-state index is 14.2. The second-order valence-electron chi connectivity index (χ2n) is 8.99. The number of carbonyl (C=O) groups is 1. The third kappa shape index (κ3) is 3.77. The van der Waals surface area contributed by atoms with Gasteiger partial charge in [0.05, 0.1) is 7.11 Å². The zero-order chi connectivity index (χ0) is 19.8. The molecule has 1 saturated carbocycles. The van der Waals surface area contributed by atoms with Crippen LogP contribution in [0.15, 0.2) is 18.2 Å². The average Bonchev–Trinajstić information content (AvgIpc) is 3.30. The van der Waals surface area contributed by atoms with Crippen molar-refractivity contribution in [1.82, 2.24) is 9.80 Å². The molecule has 0 radical (unpaired) electrons. The van der Waals surface area contributed by atoms with Gasteiger partial charge in [0.15, 0.2) is 5.60 Å². The van der Waals surface area contributed by atoms with Crippen molar-refractivity contribution in [2.45, 2.75) is 57.1 Å². The molecule has 1 aromatic carbocycles. The highest BCUT2D eigenvalue weighted by Gasteiger charge is 2.47. The number of piperidine rings is 1. The number of methoxy groups -OCH3 is 1. The van der Waals surface area contributed by atoms with Crippen molar-refractivity contribution in [2.24, 2.45) is 5.41 Å². The van der Waals surface area contributed by atoms with E-state index in [0.717, 1.165) is 19.5 Å². The molecular formula is C22H31FN2O3. The first-order chi connectivity index (χ1) is 13.4. The van der Waals surface area contributed by atoms with Gasteiger partial charge in [-0.25, -0.2) is 4.39 Å². The van der Waals surface area contributed by atoms with Crippen LogP contribution in [0.5, 0.6) is 5.75 Å². The fraction of sp³-hybridized carbons (Fsp3) is 0.682. The van der Waals surface area contributed by atoms with Crippen molar-refractivity contribution < 1.29 is 19.0 Å². The molecule has 1 amide bonds. The summed E-state index contributed by atoms with van der Waals surface area (Å²) in [5, 5.41) is 11.2. The van der Waals surface area contributed by atoms with E-state index in [-0.39, 0.29) is 18.3 Å². The Labute approximate surface area is 166 Å². The van der Waals surface area contributed by atoms with E-state index in [4.69, 9.17) is 4.74 Å². The monoisotopic (exact) mass is 390 g/mol. The van der Waals surface area contributed by atoms with Gasteiger partial charge in [-0.05, 0) is 62.3 Å². The zero-order valence-electron chi connectivity index (χ0n) is 16.8. The second-order valence-corrected chi connectivity index (χ2v) is 8.99. The average molecular weight is 390 g/mol. The first-order valence-corrected chi connectivity index (χ1v) is 10.5. The predicted octanol–water partition coefficient (Wildman–Crippen LogP) is 2.95. The number of ether oxygens (including phenoxy) is 1. The van der Waals surface area contributed by atoms with Gasteiger partial charge in [0.1, 0.15) is 11.6 Å². The second kappa shape index (κ2) is 7.64. The van der Waals surface area contributed by atoms with Crippen LogP contribution < -0.4 is 4.74 Å². The zero-order valence-corrected chi connectivity index (χ0v) is 16.8. The topological polar surface area (TPSA) is 53.0 Å². The number of halogens is 1. The maximum Gasteiger partial charge on any atom is 0.256 e. The van der Waals surface area contributed by atoms with Crippen LogP contribution in [0, 0.1) is 11.2 Å². The molecule has 0 unspecified atom stereocenters. The Morgan fingerprint density at radius 1 is 1.14 bits per heavy atom. The van der Waals surface area contributed by atoms with Crippen molar-refractivity contribution in [3.63, 3.8) is 0 Å². The molecule has 2 saturated heterocycles. The Balaban J connectivity index is 1.44. The van der Waals surface area contributed by atoms with E-state index in [9.17, 15) is 14.3 Å². The molecule has 28 heavy (non-hydrogen) atoms. The van der Waals surface area contributed by atoms with Crippen LogP contribution in [0.2, 0.25) is 0 Å². The number of benzene rings is 1. The molecule has 0 aromatic heterocycles. The molecule has 1 aromatic rings. The van der Waals surface area contributed by atoms with Crippen LogP contribution in [0.25, 0.3) is 0 Å². The summed E-state index contributed by atoms with van der Waals surface area (Å²) in [6, 6.07) is 4.56. The minimum Gasteiger partial charge on any atom is -0.497 e. The van der Waals surface area contributed by atoms with Crippen LogP contribution in [0.3, 0.4) is 0 Å². The highest BCUT2D eigenvalue weighted by atomic mass is 19.1. The summed E-state index contributed by atoms with van der Waals surface area (Å²) in [7, 11) is 1.54. The number of hydrogen-bond acceptors (Lipinski definition) is 4. The smallest absolute Gasteiger partial charge is 0.256 e. The van der Waals surface area contributed by atoms with Crippen LogP contribution in [0.1, 0.15) is 50.5 Å². The summed E-state index contributed by atoms with van der Waals surface area (Å²) in [4.78, 5) is 17.0. The molecule has 3 fully saturated rings. The molecule has 1 N–H and O–H groups in total. The third-order valence-corrected chi connectivity index (χ3v) is 6.98. The number of rotatable bonds is 5. The van der Waals surface area contributed by atoms with Gasteiger partial charge < -0.3 is 14.7 Å². The summed E-state index contributed by atoms with van der Waals surface area (Å²) in [6.45, 7) is 3.05. The van der Waals surface area contributed by atoms with Crippen molar-refractivity contribution >= 4 is 5.91 Å². The lowest BCUT2D eigenvalue weighted by Gasteiger charge is -2.40. The first kappa shape index (κ1) is 19.6. The quantitative estimate of drug-likeness (QED) is 0.840. The SMILES string of the molecule is COc1ccc(F)c(CN2CCC[C@](O)(CN3CCC4(CCCC4)C3)C2=O)c1. The maximum absolute atomic E-state index is 14.2. The van der Waals surface area contributed by atoms with Gasteiger partial charge in [-0.3, -0.25) is 9.69 Å². The number of aliphatic hydroxyl groups is 1. The number of nitrogens with zero attached hydrogens (tertiary/aromatic N) is 2. The summed E-state index contributed by atoms with van der Waals surface area (Å²) >= 11 is 0. The number of amides is 1. The Morgan fingerprint density at radius 2 is 1.93 bits per heavy atom. The fourth-order valence-electron chi connectivity index (χ4n) is 5.43. The molecule has 154 valence electrons. The van der Waals surface area contributed by atoms with E-state index in [1.165, 1.54) is 45.3 Å². The minimum absolute atomic E-state index is 0.161. The number of hydrogen-bond donors (Lipinski definition) is 1. The van der Waals surface area contributed by atoms with E-state index in [2.05, 4.69) is 4.90 Å². The van der Waals surface area contributed by atoms with E-state index >= 15 is 0 Å². The lowest BCUT2D eigenvalue weighted by molar-refractivity contribution is -0.160. The highest BCUT2D eigenvalue weighted by Crippen LogP contribution is 2.45. The van der Waals surface area contributed by atoms with Crippen molar-refractivity contribution in [3.8, 4) is 5.75 Å². The lowest BCUT2D eigenvalue weighted by atomic mass is 9.85. The molecule has 3 aliphatic rings. The largest absolute Gasteiger partial charge is 0.497 e. The lowest BCUT2D eigenvalue weighted by Crippen LogP contribution is -2.58. The number of β-amino-alcohol motifs (C(OH)–C–C–N with tert-alkyl or cyclic N) is 1. The van der Waals surface area contributed by atoms with E-state index in [1.807, 2.05) is 0 Å². The molecule has 5 nitrogen and oxygen atoms in total. The van der Waals surface area contributed by atoms with Gasteiger partial charge in [0.25, 0.3) is 5.91 Å². The van der Waals surface area contributed by atoms with Crippen LogP contribution >= 0.6 is 0 Å². The Bertz CT molecular complexity index is 734.